The number of amides is 4. The average molecular weight is 864 g/mol. The molecule has 0 saturated carbocycles. The minimum atomic E-state index is -1.44. The first-order valence-corrected chi connectivity index (χ1v) is 21.1. The number of hydroxylamine groups is 2. The number of aromatic hydroxyl groups is 1. The minimum Gasteiger partial charge on any atom is -0.508 e. The lowest BCUT2D eigenvalue weighted by molar-refractivity contribution is -0.192. The smallest absolute Gasteiger partial charge is 0.325 e. The van der Waals surface area contributed by atoms with Crippen molar-refractivity contribution in [3.8, 4) is 5.75 Å². The van der Waals surface area contributed by atoms with Gasteiger partial charge in [0.1, 0.15) is 42.4 Å². The number of allylic oxidation sites excluding steroid dienone is 4. The number of ether oxygens (including phenoxy) is 1. The molecule has 0 radical (unpaired) electrons. The van der Waals surface area contributed by atoms with E-state index in [2.05, 4.69) is 16.1 Å². The maximum atomic E-state index is 14.3. The number of carbonyl (C=O) groups excluding carboxylic acids is 7. The van der Waals surface area contributed by atoms with Gasteiger partial charge in [0, 0.05) is 44.2 Å². The van der Waals surface area contributed by atoms with E-state index in [4.69, 9.17) is 9.57 Å². The van der Waals surface area contributed by atoms with Crippen LogP contribution in [0.1, 0.15) is 78.7 Å². The van der Waals surface area contributed by atoms with Gasteiger partial charge in [-0.3, -0.25) is 38.6 Å². The number of hydrogen-bond acceptors (Lipinski definition) is 13. The number of hydrazine groups is 1. The zero-order chi connectivity index (χ0) is 45.5. The number of cyclic esters (lactones) is 1. The summed E-state index contributed by atoms with van der Waals surface area (Å²) in [4.78, 5) is 97.6. The number of aliphatic hydroxyl groups excluding tert-OH is 2. The number of carbonyl (C=O) groups is 7. The Bertz CT molecular complexity index is 1900. The van der Waals surface area contributed by atoms with Crippen molar-refractivity contribution >= 4 is 41.2 Å². The predicted molar refractivity (Wildman–Crippen MR) is 226 cm³/mol. The Labute approximate surface area is 362 Å². The highest BCUT2D eigenvalue weighted by molar-refractivity contribution is 5.93. The number of phenols is 1. The number of fused-ring (bicyclic) bond motifs is 2. The van der Waals surface area contributed by atoms with Crippen molar-refractivity contribution in [2.24, 2.45) is 17.8 Å². The molecule has 6 N–H and O–H groups in total. The van der Waals surface area contributed by atoms with E-state index in [0.29, 0.717) is 24.0 Å². The molecule has 3 heterocycles. The van der Waals surface area contributed by atoms with Crippen LogP contribution in [0.15, 0.2) is 72.4 Å². The zero-order valence-corrected chi connectivity index (χ0v) is 36.0. The molecule has 338 valence electrons. The molecule has 3 aliphatic rings. The summed E-state index contributed by atoms with van der Waals surface area (Å²) >= 11 is 0. The molecule has 1 aromatic carbocycles. The zero-order valence-electron chi connectivity index (χ0n) is 36.0. The molecule has 2 fully saturated rings. The number of esters is 1. The van der Waals surface area contributed by atoms with Crippen molar-refractivity contribution in [1.82, 2.24) is 26.1 Å². The minimum absolute atomic E-state index is 0.0415. The summed E-state index contributed by atoms with van der Waals surface area (Å²) < 4.78 is 6.02. The maximum Gasteiger partial charge on any atom is 0.325 e. The normalized spacial score (nSPS) is 29.0. The molecule has 4 amide bonds. The molecule has 1 aromatic rings. The highest BCUT2D eigenvalue weighted by Crippen LogP contribution is 2.24. The molecular weight excluding hydrogens is 803 g/mol. The summed E-state index contributed by atoms with van der Waals surface area (Å²) in [5, 5.41) is 40.6. The quantitative estimate of drug-likeness (QED) is 0.119. The van der Waals surface area contributed by atoms with Crippen LogP contribution in [-0.2, 0) is 49.6 Å². The lowest BCUT2D eigenvalue weighted by Gasteiger charge is -2.36. The second kappa shape index (κ2) is 23.7. The lowest BCUT2D eigenvalue weighted by Crippen LogP contribution is -2.62. The highest BCUT2D eigenvalue weighted by Gasteiger charge is 2.38. The van der Waals surface area contributed by atoms with Gasteiger partial charge < -0.3 is 35.5 Å². The average Bonchev–Trinajstić information content (AvgIpc) is 3.23. The van der Waals surface area contributed by atoms with Crippen molar-refractivity contribution in [3.63, 3.8) is 0 Å². The van der Waals surface area contributed by atoms with Crippen molar-refractivity contribution in [1.29, 1.82) is 0 Å². The SMILES string of the molecule is CC(=O)CC[C@H]1C(=O)N[C@@H](C(C)C)C(=O)N[C@@H](Cc2cccc(O)c2)C(=O)N2CCCC(N2)C(=O)O[C@H](/C(C)=C/C=C/C(=O)N2CCC(=O)CO2)C/C=C/C=C/[C@H](O)[C@H](C)[C@H]1O. The first-order valence-electron chi connectivity index (χ1n) is 21.1. The van der Waals surface area contributed by atoms with E-state index in [9.17, 15) is 48.9 Å². The molecule has 4 rings (SSSR count). The molecule has 2 bridgehead atoms. The number of benzene rings is 1. The van der Waals surface area contributed by atoms with Gasteiger partial charge in [-0.15, -0.1) is 0 Å². The van der Waals surface area contributed by atoms with Crippen molar-refractivity contribution < 1.29 is 58.5 Å². The van der Waals surface area contributed by atoms with Crippen LogP contribution in [0.25, 0.3) is 0 Å². The summed E-state index contributed by atoms with van der Waals surface area (Å²) in [6.07, 6.45) is 8.02. The molecule has 17 heteroatoms. The van der Waals surface area contributed by atoms with Gasteiger partial charge in [0.05, 0.1) is 24.7 Å². The van der Waals surface area contributed by atoms with Gasteiger partial charge in [-0.1, -0.05) is 69.4 Å². The van der Waals surface area contributed by atoms with Crippen LogP contribution in [0.4, 0.5) is 0 Å². The van der Waals surface area contributed by atoms with Crippen LogP contribution in [0, 0.1) is 17.8 Å². The fourth-order valence-electron chi connectivity index (χ4n) is 7.21. The van der Waals surface area contributed by atoms with Crippen LogP contribution in [0.2, 0.25) is 0 Å². The predicted octanol–water partition coefficient (Wildman–Crippen LogP) is 2.06. The summed E-state index contributed by atoms with van der Waals surface area (Å²) in [5.41, 5.74) is 4.06. The first kappa shape index (κ1) is 49.2. The fraction of sp³-hybridized carbons (Fsp3) is 0.533. The Kier molecular flexibility index (Phi) is 18.8. The lowest BCUT2D eigenvalue weighted by atomic mass is 9.84. The van der Waals surface area contributed by atoms with E-state index < -0.39 is 83.8 Å². The van der Waals surface area contributed by atoms with Gasteiger partial charge in [-0.05, 0) is 62.3 Å². The molecule has 62 heavy (non-hydrogen) atoms. The Morgan fingerprint density at radius 3 is 2.45 bits per heavy atom. The van der Waals surface area contributed by atoms with Crippen molar-refractivity contribution in [2.45, 2.75) is 116 Å². The number of aliphatic hydroxyl groups is 2. The second-order valence-corrected chi connectivity index (χ2v) is 16.4. The molecule has 0 aliphatic carbocycles. The van der Waals surface area contributed by atoms with Crippen LogP contribution < -0.4 is 16.1 Å². The van der Waals surface area contributed by atoms with E-state index in [1.807, 2.05) is 0 Å². The Morgan fingerprint density at radius 2 is 1.77 bits per heavy atom. The Balaban J connectivity index is 1.69. The van der Waals surface area contributed by atoms with Crippen LogP contribution in [-0.4, -0.2) is 123 Å². The monoisotopic (exact) mass is 863 g/mol. The van der Waals surface area contributed by atoms with E-state index in [1.165, 1.54) is 42.3 Å². The van der Waals surface area contributed by atoms with Crippen molar-refractivity contribution in [2.75, 3.05) is 19.7 Å². The fourth-order valence-corrected chi connectivity index (χ4v) is 7.21. The Morgan fingerprint density at radius 1 is 1.02 bits per heavy atom. The number of ketones is 2. The number of nitrogens with zero attached hydrogens (tertiary/aromatic N) is 2. The topological polar surface area (TPSA) is 241 Å². The Hall–Kier alpha value is -5.49. The molecule has 0 spiro atoms. The molecule has 8 atom stereocenters. The van der Waals surface area contributed by atoms with E-state index >= 15 is 0 Å². The number of Topliss-reactive ketones (excluding diaryl/α,β-unsaturated/α-hetero) is 2. The largest absolute Gasteiger partial charge is 0.508 e. The maximum absolute atomic E-state index is 14.3. The van der Waals surface area contributed by atoms with Gasteiger partial charge in [-0.2, -0.15) is 0 Å². The van der Waals surface area contributed by atoms with Gasteiger partial charge >= 0.3 is 5.97 Å². The third kappa shape index (κ3) is 14.6. The third-order valence-electron chi connectivity index (χ3n) is 11.1. The number of phenolic OH excluding ortho intramolecular Hbond substituents is 1. The summed E-state index contributed by atoms with van der Waals surface area (Å²) in [6, 6.07) is 2.80. The van der Waals surface area contributed by atoms with Gasteiger partial charge in [0.25, 0.3) is 11.8 Å². The molecule has 3 aliphatic heterocycles. The highest BCUT2D eigenvalue weighted by atomic mass is 16.7. The molecule has 0 aromatic heterocycles. The van der Waals surface area contributed by atoms with E-state index in [0.717, 1.165) is 5.06 Å². The van der Waals surface area contributed by atoms with E-state index in [-0.39, 0.29) is 69.1 Å². The van der Waals surface area contributed by atoms with Crippen LogP contribution in [0.3, 0.4) is 0 Å². The summed E-state index contributed by atoms with van der Waals surface area (Å²) in [7, 11) is 0. The molecule has 17 nitrogen and oxygen atoms in total. The molecule has 1 unspecified atom stereocenters. The second-order valence-electron chi connectivity index (χ2n) is 16.4. The standard InChI is InChI=1S/C45H61N5O12/c1-27(2)40-43(58)46-36(25-31-13-10-14-32(52)24-31)44(59)49-22-11-15-35(48-49)45(60)62-38(28(3)12-9-18-39(55)50-23-21-33(53)26-61-50)17-8-6-7-16-37(54)30(5)41(56)34(42(57)47-40)20-19-29(4)51/h6-10,12-14,16,18,24,27,30,34-38,40-41,48,52,54,56H,11,15,17,19-23,25-26H2,1-5H3,(H,46,58)(H,47,57)/b8-6+,16-7+,18-9+,28-12+/t30-,34+,35?,36-,37-,38-,40-,41+/m0/s1. The molecule has 2 saturated heterocycles. The van der Waals surface area contributed by atoms with Crippen LogP contribution >= 0.6 is 0 Å². The number of nitrogens with one attached hydrogen (secondary N) is 3. The van der Waals surface area contributed by atoms with Gasteiger partial charge in [0.2, 0.25) is 11.8 Å². The first-order chi connectivity index (χ1) is 29.4. The summed E-state index contributed by atoms with van der Waals surface area (Å²) in [5.74, 6) is -6.11. The van der Waals surface area contributed by atoms with Crippen molar-refractivity contribution in [3.05, 3.63) is 77.9 Å². The third-order valence-corrected chi connectivity index (χ3v) is 11.1. The molecular formula is C45H61N5O12. The van der Waals surface area contributed by atoms with Gasteiger partial charge in [0.15, 0.2) is 5.78 Å². The van der Waals surface area contributed by atoms with Crippen LogP contribution in [0.5, 0.6) is 5.75 Å². The van der Waals surface area contributed by atoms with E-state index in [1.54, 1.807) is 64.1 Å². The number of rotatable bonds is 9. The van der Waals surface area contributed by atoms with Gasteiger partial charge in [-0.25, -0.2) is 10.5 Å². The summed E-state index contributed by atoms with van der Waals surface area (Å²) in [6.45, 7) is 8.15. The number of hydrogen-bond donors (Lipinski definition) is 6.